The highest BCUT2D eigenvalue weighted by Gasteiger charge is 2.45. The Bertz CT molecular complexity index is 1420. The summed E-state index contributed by atoms with van der Waals surface area (Å²) in [6, 6.07) is 16.7. The molecule has 6 rings (SSSR count). The van der Waals surface area contributed by atoms with Crippen LogP contribution in [-0.4, -0.2) is 46.2 Å². The van der Waals surface area contributed by atoms with Crippen LogP contribution in [0.2, 0.25) is 0 Å². The summed E-state index contributed by atoms with van der Waals surface area (Å²) in [6.45, 7) is -0.0727. The van der Waals surface area contributed by atoms with Crippen molar-refractivity contribution in [3.8, 4) is 28.7 Å². The van der Waals surface area contributed by atoms with Crippen LogP contribution in [0.1, 0.15) is 53.4 Å². The maximum absolute atomic E-state index is 13.1. The normalized spacial score (nSPS) is 21.6. The van der Waals surface area contributed by atoms with Crippen molar-refractivity contribution in [3.63, 3.8) is 0 Å². The molecule has 0 saturated carbocycles. The van der Waals surface area contributed by atoms with Crippen molar-refractivity contribution in [2.24, 2.45) is 17.6 Å². The van der Waals surface area contributed by atoms with Crippen LogP contribution in [0.15, 0.2) is 66.7 Å². The number of aromatic hydroxyl groups is 3. The van der Waals surface area contributed by atoms with Crippen molar-refractivity contribution in [3.05, 3.63) is 89.0 Å². The predicted molar refractivity (Wildman–Crippen MR) is 154 cm³/mol. The number of allylic oxidation sites excluding steroid dienone is 1. The Morgan fingerprint density at radius 1 is 1.02 bits per heavy atom. The number of hydrogen-bond acceptors (Lipinski definition) is 8. The molecule has 41 heavy (non-hydrogen) atoms. The molecule has 0 spiro atoms. The van der Waals surface area contributed by atoms with Crippen LogP contribution in [0.3, 0.4) is 0 Å². The van der Waals surface area contributed by atoms with Gasteiger partial charge in [0.05, 0.1) is 13.2 Å². The van der Waals surface area contributed by atoms with Gasteiger partial charge in [-0.05, 0) is 66.0 Å². The van der Waals surface area contributed by atoms with Crippen LogP contribution in [0.5, 0.6) is 28.7 Å². The monoisotopic (exact) mass is 559 g/mol. The number of ether oxygens (including phenoxy) is 2. The molecule has 0 radical (unpaired) electrons. The number of phenolic OH excluding ortho intramolecular Hbond substituents is 3. The molecule has 5 unspecified atom stereocenters. The lowest BCUT2D eigenvalue weighted by molar-refractivity contribution is -0.121. The number of methoxy groups -OCH3 is 1. The van der Waals surface area contributed by atoms with E-state index in [-0.39, 0.29) is 77.8 Å². The van der Waals surface area contributed by atoms with E-state index in [4.69, 9.17) is 15.2 Å². The summed E-state index contributed by atoms with van der Waals surface area (Å²) < 4.78 is 10.8. The molecule has 3 aromatic carbocycles. The van der Waals surface area contributed by atoms with Crippen LogP contribution < -0.4 is 15.2 Å². The first-order valence-electron chi connectivity index (χ1n) is 14.0. The fourth-order valence-corrected chi connectivity index (χ4v) is 6.63. The van der Waals surface area contributed by atoms with Crippen LogP contribution in [-0.2, 0) is 17.6 Å². The Balaban J connectivity index is 1.39. The lowest BCUT2D eigenvalue weighted by Gasteiger charge is -2.40. The van der Waals surface area contributed by atoms with Gasteiger partial charge in [0.2, 0.25) is 5.75 Å². The summed E-state index contributed by atoms with van der Waals surface area (Å²) in [5.41, 5.74) is 9.09. The molecule has 216 valence electrons. The number of nitrogens with two attached hydrogens (primary N) is 1. The number of carbonyl (C=O) groups is 1. The first-order chi connectivity index (χ1) is 19.8. The smallest absolute Gasteiger partial charge is 0.200 e. The minimum absolute atomic E-state index is 0.0164. The number of Topliss-reactive ketones (excluding diaryl/α,β-unsaturated/α-hetero) is 1. The molecule has 3 aromatic rings. The molecule has 3 aliphatic carbocycles. The summed E-state index contributed by atoms with van der Waals surface area (Å²) in [4.78, 5) is 13.1. The number of carbonyl (C=O) groups excluding carboxylic acids is 1. The van der Waals surface area contributed by atoms with E-state index in [1.807, 2.05) is 24.3 Å². The standard InChI is InChI=1S/C33H37NO7/c1-40-33-31-21-9-11-24(27(37)16-23(35)10-7-20-8-12-26(36)29(14-20)41-18-34)30(25(31)17-28(38)32(33)39)22(15-21)13-19-5-3-2-4-6-19/h2-6,8-9,11-12,14,17,21-22,24,27,30,36-39H,7,10,13,15-16,18,34H2,1H3. The molecular weight excluding hydrogens is 522 g/mol. The SMILES string of the molecule is COc1c(O)c(O)cc2c1C1C=CC(C(O)CC(=O)CCc3ccc(O)c(OCN)c3)C2C(Cc2ccccc2)C1. The van der Waals surface area contributed by atoms with Gasteiger partial charge in [-0.3, -0.25) is 10.5 Å². The number of ketones is 1. The van der Waals surface area contributed by atoms with Crippen molar-refractivity contribution < 1.29 is 34.7 Å². The van der Waals surface area contributed by atoms with Crippen molar-refractivity contribution >= 4 is 5.78 Å². The highest BCUT2D eigenvalue weighted by molar-refractivity contribution is 5.79. The number of benzene rings is 3. The highest BCUT2D eigenvalue weighted by Crippen LogP contribution is 2.57. The van der Waals surface area contributed by atoms with Crippen LogP contribution in [0.25, 0.3) is 0 Å². The predicted octanol–water partition coefficient (Wildman–Crippen LogP) is 4.68. The first-order valence-corrected chi connectivity index (χ1v) is 14.0. The van der Waals surface area contributed by atoms with Gasteiger partial charge in [-0.2, -0.15) is 0 Å². The fraction of sp³-hybridized carbons (Fsp3) is 0.364. The van der Waals surface area contributed by atoms with Crippen LogP contribution >= 0.6 is 0 Å². The second kappa shape index (κ2) is 12.2. The summed E-state index contributed by atoms with van der Waals surface area (Å²) in [5, 5.41) is 42.6. The van der Waals surface area contributed by atoms with Gasteiger partial charge in [0.25, 0.3) is 0 Å². The molecule has 8 heteroatoms. The zero-order valence-corrected chi connectivity index (χ0v) is 23.1. The number of fused-ring (bicyclic) bond motifs is 2. The maximum atomic E-state index is 13.1. The molecule has 0 amide bonds. The third-order valence-electron chi connectivity index (χ3n) is 8.46. The van der Waals surface area contributed by atoms with Gasteiger partial charge in [-0.15, -0.1) is 0 Å². The van der Waals surface area contributed by atoms with E-state index in [9.17, 15) is 25.2 Å². The third kappa shape index (κ3) is 5.89. The van der Waals surface area contributed by atoms with E-state index in [0.717, 1.165) is 29.5 Å². The number of hydrogen-bond donors (Lipinski definition) is 5. The summed E-state index contributed by atoms with van der Waals surface area (Å²) >= 11 is 0. The second-order valence-electron chi connectivity index (χ2n) is 11.0. The van der Waals surface area contributed by atoms with E-state index in [1.54, 1.807) is 18.2 Å². The van der Waals surface area contributed by atoms with Crippen molar-refractivity contribution in [2.45, 2.75) is 50.0 Å². The molecule has 0 aliphatic heterocycles. The van der Waals surface area contributed by atoms with Gasteiger partial charge in [0, 0.05) is 30.2 Å². The molecule has 0 heterocycles. The van der Waals surface area contributed by atoms with E-state index >= 15 is 0 Å². The second-order valence-corrected chi connectivity index (χ2v) is 11.0. The summed E-state index contributed by atoms with van der Waals surface area (Å²) in [6.07, 6.45) is 5.31. The number of aliphatic hydroxyl groups is 1. The Morgan fingerprint density at radius 3 is 2.54 bits per heavy atom. The number of rotatable bonds is 11. The molecule has 0 saturated heterocycles. The molecule has 0 fully saturated rings. The molecule has 5 atom stereocenters. The highest BCUT2D eigenvalue weighted by atomic mass is 16.5. The largest absolute Gasteiger partial charge is 0.504 e. The minimum atomic E-state index is -0.940. The van der Waals surface area contributed by atoms with Gasteiger partial charge in [0.15, 0.2) is 23.0 Å². The first kappa shape index (κ1) is 28.5. The molecule has 3 aliphatic rings. The van der Waals surface area contributed by atoms with Gasteiger partial charge in [-0.1, -0.05) is 48.6 Å². The Morgan fingerprint density at radius 2 is 1.80 bits per heavy atom. The molecule has 6 N–H and O–H groups in total. The van der Waals surface area contributed by atoms with E-state index < -0.39 is 6.10 Å². The topological polar surface area (TPSA) is 142 Å². The van der Waals surface area contributed by atoms with Gasteiger partial charge >= 0.3 is 0 Å². The lowest BCUT2D eigenvalue weighted by Crippen LogP contribution is -2.34. The Hall–Kier alpha value is -4.01. The zero-order valence-electron chi connectivity index (χ0n) is 23.1. The number of aryl methyl sites for hydroxylation is 1. The van der Waals surface area contributed by atoms with E-state index in [0.29, 0.717) is 6.42 Å². The molecular formula is C33H37NO7. The number of phenols is 3. The van der Waals surface area contributed by atoms with Crippen molar-refractivity contribution in [1.29, 1.82) is 0 Å². The van der Waals surface area contributed by atoms with Gasteiger partial charge in [-0.25, -0.2) is 0 Å². The van der Waals surface area contributed by atoms with E-state index in [1.165, 1.54) is 18.7 Å². The molecule has 0 aromatic heterocycles. The average molecular weight is 560 g/mol. The zero-order chi connectivity index (χ0) is 29.1. The van der Waals surface area contributed by atoms with Crippen molar-refractivity contribution in [2.75, 3.05) is 13.8 Å². The summed E-state index contributed by atoms with van der Waals surface area (Å²) in [7, 11) is 1.47. The maximum Gasteiger partial charge on any atom is 0.200 e. The molecule has 2 bridgehead atoms. The van der Waals surface area contributed by atoms with Gasteiger partial charge < -0.3 is 29.9 Å². The lowest BCUT2D eigenvalue weighted by atomic mass is 9.65. The number of aliphatic hydroxyl groups excluding tert-OH is 1. The Kier molecular flexibility index (Phi) is 8.52. The minimum Gasteiger partial charge on any atom is -0.504 e. The van der Waals surface area contributed by atoms with Crippen molar-refractivity contribution in [1.82, 2.24) is 0 Å². The summed E-state index contributed by atoms with van der Waals surface area (Å²) in [5.74, 6) is -0.614. The fourth-order valence-electron chi connectivity index (χ4n) is 6.63. The molecule has 8 nitrogen and oxygen atoms in total. The Labute approximate surface area is 239 Å². The van der Waals surface area contributed by atoms with E-state index in [2.05, 4.69) is 18.2 Å². The van der Waals surface area contributed by atoms with Crippen LogP contribution in [0.4, 0.5) is 0 Å². The quantitative estimate of drug-likeness (QED) is 0.130. The third-order valence-corrected chi connectivity index (χ3v) is 8.46. The van der Waals surface area contributed by atoms with Crippen LogP contribution in [0, 0.1) is 11.8 Å². The average Bonchev–Trinajstić information content (AvgIpc) is 3.23. The van der Waals surface area contributed by atoms with Gasteiger partial charge in [0.1, 0.15) is 12.5 Å².